The summed E-state index contributed by atoms with van der Waals surface area (Å²) in [5, 5.41) is 2.38. The summed E-state index contributed by atoms with van der Waals surface area (Å²) < 4.78 is 28.0. The number of benzene rings is 1. The van der Waals surface area contributed by atoms with Crippen molar-refractivity contribution in [2.24, 2.45) is 0 Å². The normalized spacial score (nSPS) is 10.7. The molecule has 0 fully saturated rings. The Kier molecular flexibility index (Phi) is 4.68. The number of hydrogen-bond donors (Lipinski definition) is 1. The Morgan fingerprint density at radius 2 is 1.92 bits per heavy atom. The lowest BCUT2D eigenvalue weighted by atomic mass is 10.1. The van der Waals surface area contributed by atoms with Crippen molar-refractivity contribution in [2.45, 2.75) is 6.92 Å². The number of anilines is 1. The molecule has 1 amide bonds. The number of rotatable bonds is 3. The highest BCUT2D eigenvalue weighted by Crippen LogP contribution is 2.30. The summed E-state index contributed by atoms with van der Waals surface area (Å²) in [5.41, 5.74) is 0.935. The van der Waals surface area contributed by atoms with Gasteiger partial charge in [0.2, 0.25) is 0 Å². The van der Waals surface area contributed by atoms with Crippen molar-refractivity contribution in [3.63, 3.8) is 0 Å². The molecule has 2 aromatic heterocycles. The fraction of sp³-hybridized carbons (Fsp3) is 0.0625. The maximum atomic E-state index is 13.6. The maximum absolute atomic E-state index is 13.6. The molecule has 8 heteroatoms. The third kappa shape index (κ3) is 3.34. The fourth-order valence-corrected chi connectivity index (χ4v) is 3.69. The average molecular weight is 410 g/mol. The summed E-state index contributed by atoms with van der Waals surface area (Å²) in [7, 11) is 0. The van der Waals surface area contributed by atoms with E-state index in [4.69, 9.17) is 0 Å². The minimum absolute atomic E-state index is 0.193. The van der Waals surface area contributed by atoms with Crippen LogP contribution in [0.1, 0.15) is 15.2 Å². The summed E-state index contributed by atoms with van der Waals surface area (Å²) >= 11 is 4.83. The van der Waals surface area contributed by atoms with Crippen molar-refractivity contribution in [3.8, 4) is 11.3 Å². The summed E-state index contributed by atoms with van der Waals surface area (Å²) in [5.74, 6) is -2.55. The third-order valence-corrected chi connectivity index (χ3v) is 4.66. The van der Waals surface area contributed by atoms with Gasteiger partial charge in [0.1, 0.15) is 23.0 Å². The Hall–Kier alpha value is -2.19. The van der Waals surface area contributed by atoms with E-state index in [0.29, 0.717) is 0 Å². The number of aryl methyl sites for hydroxylation is 1. The first kappa shape index (κ1) is 16.7. The zero-order chi connectivity index (χ0) is 17.3. The predicted molar refractivity (Wildman–Crippen MR) is 92.1 cm³/mol. The second-order valence-corrected chi connectivity index (χ2v) is 7.33. The number of hydrogen-bond acceptors (Lipinski definition) is 4. The van der Waals surface area contributed by atoms with Crippen LogP contribution in [0.5, 0.6) is 0 Å². The van der Waals surface area contributed by atoms with E-state index in [2.05, 4.69) is 31.2 Å². The number of thiazole rings is 1. The number of carbonyl (C=O) groups excluding carboxylic acids is 1. The molecule has 3 aromatic rings. The van der Waals surface area contributed by atoms with E-state index in [1.54, 1.807) is 18.3 Å². The van der Waals surface area contributed by atoms with Gasteiger partial charge in [-0.3, -0.25) is 4.79 Å². The number of nitrogens with zero attached hydrogens (tertiary/aromatic N) is 2. The standard InChI is InChI=1S/C16H10BrF2N3OS/c1-8-14(22-16(17)24-8)9-5-6-12(20-7-9)21-15(23)13-10(18)3-2-4-11(13)19/h2-7H,1H3,(H,20,21,23). The number of nitrogens with one attached hydrogen (secondary N) is 1. The maximum Gasteiger partial charge on any atom is 0.262 e. The highest BCUT2D eigenvalue weighted by atomic mass is 79.9. The molecule has 4 nitrogen and oxygen atoms in total. The number of pyridine rings is 1. The largest absolute Gasteiger partial charge is 0.306 e. The van der Waals surface area contributed by atoms with Crippen LogP contribution in [0.2, 0.25) is 0 Å². The summed E-state index contributed by atoms with van der Waals surface area (Å²) in [6.07, 6.45) is 1.54. The van der Waals surface area contributed by atoms with Crippen LogP contribution in [0.3, 0.4) is 0 Å². The molecule has 0 aliphatic heterocycles. The van der Waals surface area contributed by atoms with Crippen molar-refractivity contribution < 1.29 is 13.6 Å². The molecule has 2 heterocycles. The van der Waals surface area contributed by atoms with E-state index in [0.717, 1.165) is 32.2 Å². The van der Waals surface area contributed by atoms with Crippen LogP contribution in [0.4, 0.5) is 14.6 Å². The molecule has 0 atom stereocenters. The third-order valence-electron chi connectivity index (χ3n) is 3.24. The van der Waals surface area contributed by atoms with E-state index in [1.165, 1.54) is 17.4 Å². The van der Waals surface area contributed by atoms with Crippen molar-refractivity contribution in [3.05, 3.63) is 62.5 Å². The van der Waals surface area contributed by atoms with Gasteiger partial charge in [0.25, 0.3) is 5.91 Å². The van der Waals surface area contributed by atoms with Crippen LogP contribution >= 0.6 is 27.3 Å². The highest BCUT2D eigenvalue weighted by molar-refractivity contribution is 9.11. The summed E-state index contributed by atoms with van der Waals surface area (Å²) in [4.78, 5) is 21.5. The van der Waals surface area contributed by atoms with Crippen molar-refractivity contribution in [2.75, 3.05) is 5.32 Å². The molecule has 0 unspecified atom stereocenters. The van der Waals surface area contributed by atoms with Gasteiger partial charge in [-0.05, 0) is 47.1 Å². The fourth-order valence-electron chi connectivity index (χ4n) is 2.13. The monoisotopic (exact) mass is 409 g/mol. The van der Waals surface area contributed by atoms with Gasteiger partial charge in [-0.25, -0.2) is 18.7 Å². The van der Waals surface area contributed by atoms with E-state index in [1.807, 2.05) is 6.92 Å². The van der Waals surface area contributed by atoms with Gasteiger partial charge < -0.3 is 5.32 Å². The predicted octanol–water partition coefficient (Wildman–Crippen LogP) is 4.81. The number of halogens is 3. The number of aromatic nitrogens is 2. The summed E-state index contributed by atoms with van der Waals surface area (Å²) in [6.45, 7) is 1.94. The van der Waals surface area contributed by atoms with Gasteiger partial charge in [-0.15, -0.1) is 11.3 Å². The molecule has 0 saturated carbocycles. The van der Waals surface area contributed by atoms with Crippen molar-refractivity contribution in [1.82, 2.24) is 9.97 Å². The van der Waals surface area contributed by atoms with Crippen LogP contribution in [0.15, 0.2) is 40.4 Å². The quantitative estimate of drug-likeness (QED) is 0.675. The number of carbonyl (C=O) groups is 1. The molecule has 0 aliphatic carbocycles. The molecule has 24 heavy (non-hydrogen) atoms. The molecule has 3 rings (SSSR count). The second-order valence-electron chi connectivity index (χ2n) is 4.85. The lowest BCUT2D eigenvalue weighted by Crippen LogP contribution is -2.16. The van der Waals surface area contributed by atoms with Crippen LogP contribution in [0, 0.1) is 18.6 Å². The molecular formula is C16H10BrF2N3OS. The Balaban J connectivity index is 1.82. The van der Waals surface area contributed by atoms with Crippen LogP contribution in [-0.2, 0) is 0 Å². The topological polar surface area (TPSA) is 54.9 Å². The zero-order valence-electron chi connectivity index (χ0n) is 12.3. The van der Waals surface area contributed by atoms with Crippen LogP contribution in [-0.4, -0.2) is 15.9 Å². The molecule has 0 bridgehead atoms. The molecule has 122 valence electrons. The van der Waals surface area contributed by atoms with Crippen LogP contribution in [0.25, 0.3) is 11.3 Å². The van der Waals surface area contributed by atoms with Gasteiger partial charge in [0.05, 0.1) is 5.69 Å². The van der Waals surface area contributed by atoms with Gasteiger partial charge in [-0.2, -0.15) is 0 Å². The first-order valence-electron chi connectivity index (χ1n) is 6.80. The average Bonchev–Trinajstić information content (AvgIpc) is 2.86. The van der Waals surface area contributed by atoms with E-state index < -0.39 is 23.1 Å². The van der Waals surface area contributed by atoms with Gasteiger partial charge in [0, 0.05) is 16.6 Å². The Bertz CT molecular complexity index is 892. The SMILES string of the molecule is Cc1sc(Br)nc1-c1ccc(NC(=O)c2c(F)cccc2F)nc1. The molecular weight excluding hydrogens is 400 g/mol. The summed E-state index contributed by atoms with van der Waals surface area (Å²) in [6, 6.07) is 6.53. The second kappa shape index (κ2) is 6.74. The minimum Gasteiger partial charge on any atom is -0.306 e. The zero-order valence-corrected chi connectivity index (χ0v) is 14.7. The Labute approximate surface area is 148 Å². The van der Waals surface area contributed by atoms with E-state index >= 15 is 0 Å². The molecule has 0 spiro atoms. The first-order chi connectivity index (χ1) is 11.5. The van der Waals surface area contributed by atoms with Crippen molar-refractivity contribution >= 4 is 39.0 Å². The lowest BCUT2D eigenvalue weighted by molar-refractivity contribution is 0.101. The number of amides is 1. The smallest absolute Gasteiger partial charge is 0.262 e. The van der Waals surface area contributed by atoms with Gasteiger partial charge in [0.15, 0.2) is 3.92 Å². The lowest BCUT2D eigenvalue weighted by Gasteiger charge is -2.07. The van der Waals surface area contributed by atoms with Crippen LogP contribution < -0.4 is 5.32 Å². The Morgan fingerprint density at radius 1 is 1.21 bits per heavy atom. The van der Waals surface area contributed by atoms with E-state index in [9.17, 15) is 13.6 Å². The van der Waals surface area contributed by atoms with Gasteiger partial charge >= 0.3 is 0 Å². The van der Waals surface area contributed by atoms with E-state index in [-0.39, 0.29) is 5.82 Å². The molecule has 1 N–H and O–H groups in total. The molecule has 1 aromatic carbocycles. The molecule has 0 aliphatic rings. The van der Waals surface area contributed by atoms with Gasteiger partial charge in [-0.1, -0.05) is 6.07 Å². The molecule has 0 saturated heterocycles. The minimum atomic E-state index is -0.924. The van der Waals surface area contributed by atoms with Crippen molar-refractivity contribution in [1.29, 1.82) is 0 Å². The highest BCUT2D eigenvalue weighted by Gasteiger charge is 2.17. The molecule has 0 radical (unpaired) electrons. The Morgan fingerprint density at radius 3 is 2.46 bits per heavy atom. The first-order valence-corrected chi connectivity index (χ1v) is 8.41.